The molecule has 4 rings (SSSR count). The lowest BCUT2D eigenvalue weighted by atomic mass is 10.1. The van der Waals surface area contributed by atoms with E-state index in [0.29, 0.717) is 10.8 Å². The fourth-order valence-electron chi connectivity index (χ4n) is 3.23. The second-order valence-electron chi connectivity index (χ2n) is 7.15. The maximum atomic E-state index is 12.9. The Hall–Kier alpha value is -3.64. The summed E-state index contributed by atoms with van der Waals surface area (Å²) in [5, 5.41) is 8.01. The van der Waals surface area contributed by atoms with Gasteiger partial charge in [0.05, 0.1) is 12.8 Å². The van der Waals surface area contributed by atoms with Gasteiger partial charge < -0.3 is 10.1 Å². The molecular weight excluding hydrogens is 412 g/mol. The fraction of sp³-hybridized carbons (Fsp3) is 0.125. The van der Waals surface area contributed by atoms with Crippen molar-refractivity contribution in [2.45, 2.75) is 13.8 Å². The Balaban J connectivity index is 1.74. The van der Waals surface area contributed by atoms with Crippen LogP contribution < -0.4 is 10.1 Å². The Bertz CT molecular complexity index is 1230. The molecule has 0 atom stereocenters. The van der Waals surface area contributed by atoms with E-state index < -0.39 is 0 Å². The first-order valence-corrected chi connectivity index (χ1v) is 10.1. The standard InChI is InChI=1S/C24H21ClN4O2/c1-15-4-13-21(16(2)14-15)26-24(30)22-27-23(17-5-11-20(31-3)12-6-17)29(28-22)19-9-7-18(25)8-10-19/h4-14H,1-3H3,(H,26,30). The SMILES string of the molecule is COc1ccc(-c2nc(C(=O)Nc3ccc(C)cc3C)nn2-c2ccc(Cl)cc2)cc1. The molecule has 0 aliphatic carbocycles. The molecule has 1 N–H and O–H groups in total. The van der Waals surface area contributed by atoms with Crippen LogP contribution in [0.15, 0.2) is 66.7 Å². The van der Waals surface area contributed by atoms with Crippen molar-refractivity contribution in [3.8, 4) is 22.8 Å². The number of aromatic nitrogens is 3. The molecule has 1 aromatic heterocycles. The molecule has 0 aliphatic heterocycles. The van der Waals surface area contributed by atoms with Gasteiger partial charge in [0, 0.05) is 16.3 Å². The quantitative estimate of drug-likeness (QED) is 0.454. The molecule has 156 valence electrons. The largest absolute Gasteiger partial charge is 0.497 e. The number of carbonyl (C=O) groups excluding carboxylic acids is 1. The average Bonchev–Trinajstić information content (AvgIpc) is 3.22. The van der Waals surface area contributed by atoms with Gasteiger partial charge in [-0.05, 0) is 74.0 Å². The Labute approximate surface area is 185 Å². The van der Waals surface area contributed by atoms with Crippen molar-refractivity contribution in [2.24, 2.45) is 0 Å². The van der Waals surface area contributed by atoms with Crippen molar-refractivity contribution in [1.82, 2.24) is 14.8 Å². The highest BCUT2D eigenvalue weighted by molar-refractivity contribution is 6.30. The highest BCUT2D eigenvalue weighted by Crippen LogP contribution is 2.25. The van der Waals surface area contributed by atoms with E-state index in [2.05, 4.69) is 15.4 Å². The second-order valence-corrected chi connectivity index (χ2v) is 7.58. The van der Waals surface area contributed by atoms with Crippen molar-refractivity contribution in [3.05, 3.63) is 88.7 Å². The van der Waals surface area contributed by atoms with E-state index in [0.717, 1.165) is 33.8 Å². The van der Waals surface area contributed by atoms with Crippen LogP contribution in [0.5, 0.6) is 5.75 Å². The number of methoxy groups -OCH3 is 1. The third-order valence-corrected chi connectivity index (χ3v) is 5.11. The maximum Gasteiger partial charge on any atom is 0.295 e. The van der Waals surface area contributed by atoms with Gasteiger partial charge in [-0.1, -0.05) is 29.3 Å². The molecule has 1 heterocycles. The number of rotatable bonds is 5. The van der Waals surface area contributed by atoms with Crippen LogP contribution in [0.2, 0.25) is 5.02 Å². The summed E-state index contributed by atoms with van der Waals surface area (Å²) in [6, 6.07) is 20.5. The number of benzene rings is 3. The summed E-state index contributed by atoms with van der Waals surface area (Å²) in [6.45, 7) is 3.96. The van der Waals surface area contributed by atoms with E-state index in [-0.39, 0.29) is 11.7 Å². The summed E-state index contributed by atoms with van der Waals surface area (Å²) in [5.41, 5.74) is 4.37. The molecule has 0 fully saturated rings. The van der Waals surface area contributed by atoms with Gasteiger partial charge in [-0.3, -0.25) is 4.79 Å². The molecule has 1 amide bonds. The van der Waals surface area contributed by atoms with Crippen LogP contribution in [0.1, 0.15) is 21.7 Å². The minimum atomic E-state index is -0.380. The van der Waals surface area contributed by atoms with Gasteiger partial charge in [-0.15, -0.1) is 5.10 Å². The number of hydrogen-bond donors (Lipinski definition) is 1. The first-order chi connectivity index (χ1) is 14.9. The molecule has 0 bridgehead atoms. The number of aryl methyl sites for hydroxylation is 2. The Kier molecular flexibility index (Phi) is 5.73. The third-order valence-electron chi connectivity index (χ3n) is 4.86. The van der Waals surface area contributed by atoms with E-state index in [9.17, 15) is 4.79 Å². The van der Waals surface area contributed by atoms with Crippen LogP contribution in [0.25, 0.3) is 17.1 Å². The summed E-state index contributed by atoms with van der Waals surface area (Å²) >= 11 is 6.04. The van der Waals surface area contributed by atoms with Crippen molar-refractivity contribution in [3.63, 3.8) is 0 Å². The van der Waals surface area contributed by atoms with E-state index in [4.69, 9.17) is 16.3 Å². The van der Waals surface area contributed by atoms with Gasteiger partial charge in [0.2, 0.25) is 5.82 Å². The van der Waals surface area contributed by atoms with Gasteiger partial charge in [0.1, 0.15) is 5.75 Å². The van der Waals surface area contributed by atoms with E-state index >= 15 is 0 Å². The highest BCUT2D eigenvalue weighted by Gasteiger charge is 2.19. The van der Waals surface area contributed by atoms with Crippen LogP contribution >= 0.6 is 11.6 Å². The summed E-state index contributed by atoms with van der Waals surface area (Å²) < 4.78 is 6.87. The van der Waals surface area contributed by atoms with Gasteiger partial charge >= 0.3 is 0 Å². The third kappa shape index (κ3) is 4.44. The minimum Gasteiger partial charge on any atom is -0.497 e. The lowest BCUT2D eigenvalue weighted by Crippen LogP contribution is -2.15. The summed E-state index contributed by atoms with van der Waals surface area (Å²) in [5.74, 6) is 0.958. The predicted octanol–water partition coefficient (Wildman–Crippen LogP) is 5.47. The molecule has 0 saturated carbocycles. The number of ether oxygens (including phenoxy) is 1. The monoisotopic (exact) mass is 432 g/mol. The van der Waals surface area contributed by atoms with Crippen LogP contribution in [0.4, 0.5) is 5.69 Å². The molecule has 7 heteroatoms. The number of nitrogens with one attached hydrogen (secondary N) is 1. The summed E-state index contributed by atoms with van der Waals surface area (Å²) in [7, 11) is 1.61. The molecular formula is C24H21ClN4O2. The van der Waals surface area contributed by atoms with E-state index in [1.165, 1.54) is 0 Å². The van der Waals surface area contributed by atoms with Gasteiger partial charge in [-0.2, -0.15) is 0 Å². The Morgan fingerprint density at radius 2 is 1.71 bits per heavy atom. The highest BCUT2D eigenvalue weighted by atomic mass is 35.5. The van der Waals surface area contributed by atoms with Crippen molar-refractivity contribution in [1.29, 1.82) is 0 Å². The maximum absolute atomic E-state index is 12.9. The van der Waals surface area contributed by atoms with Crippen LogP contribution in [0.3, 0.4) is 0 Å². The topological polar surface area (TPSA) is 69.0 Å². The molecule has 0 spiro atoms. The first kappa shape index (κ1) is 20.6. The molecule has 3 aromatic carbocycles. The van der Waals surface area contributed by atoms with Crippen molar-refractivity contribution in [2.75, 3.05) is 12.4 Å². The summed E-state index contributed by atoms with van der Waals surface area (Å²) in [4.78, 5) is 17.5. The number of anilines is 1. The van der Waals surface area contributed by atoms with Gasteiger partial charge in [-0.25, -0.2) is 9.67 Å². The molecule has 4 aromatic rings. The van der Waals surface area contributed by atoms with Crippen LogP contribution in [-0.4, -0.2) is 27.8 Å². The molecule has 6 nitrogen and oxygen atoms in total. The normalized spacial score (nSPS) is 10.7. The van der Waals surface area contributed by atoms with Crippen LogP contribution in [-0.2, 0) is 0 Å². The van der Waals surface area contributed by atoms with E-state index in [1.807, 2.05) is 68.4 Å². The number of hydrogen-bond acceptors (Lipinski definition) is 4. The smallest absolute Gasteiger partial charge is 0.295 e. The zero-order chi connectivity index (χ0) is 22.0. The predicted molar refractivity (Wildman–Crippen MR) is 122 cm³/mol. The number of carbonyl (C=O) groups is 1. The molecule has 31 heavy (non-hydrogen) atoms. The van der Waals surface area contributed by atoms with E-state index in [1.54, 1.807) is 23.9 Å². The molecule has 0 aliphatic rings. The first-order valence-electron chi connectivity index (χ1n) is 9.70. The lowest BCUT2D eigenvalue weighted by molar-refractivity contribution is 0.101. The van der Waals surface area contributed by atoms with Crippen LogP contribution in [0, 0.1) is 13.8 Å². The van der Waals surface area contributed by atoms with Crippen molar-refractivity contribution < 1.29 is 9.53 Å². The average molecular weight is 433 g/mol. The van der Waals surface area contributed by atoms with Crippen molar-refractivity contribution >= 4 is 23.2 Å². The molecule has 0 unspecified atom stereocenters. The zero-order valence-electron chi connectivity index (χ0n) is 17.4. The Morgan fingerprint density at radius 3 is 2.35 bits per heavy atom. The van der Waals surface area contributed by atoms with Gasteiger partial charge in [0.15, 0.2) is 5.82 Å². The summed E-state index contributed by atoms with van der Waals surface area (Å²) in [6.07, 6.45) is 0. The minimum absolute atomic E-state index is 0.0701. The number of amides is 1. The molecule has 0 radical (unpaired) electrons. The fourth-order valence-corrected chi connectivity index (χ4v) is 3.36. The lowest BCUT2D eigenvalue weighted by Gasteiger charge is -2.07. The number of halogens is 1. The molecule has 0 saturated heterocycles. The Morgan fingerprint density at radius 1 is 1.00 bits per heavy atom. The second kappa shape index (κ2) is 8.62. The van der Waals surface area contributed by atoms with Gasteiger partial charge in [0.25, 0.3) is 5.91 Å². The zero-order valence-corrected chi connectivity index (χ0v) is 18.1. The number of nitrogens with zero attached hydrogens (tertiary/aromatic N) is 3.